The Morgan fingerprint density at radius 2 is 0.714 bits per heavy atom. The Bertz CT molecular complexity index is 1410. The van der Waals surface area contributed by atoms with Gasteiger partial charge in [-0.05, 0) is 24.0 Å². The SMILES string of the molecule is O=Cc1ccc(C(=O)c2ccc(C3(c4ccc(C(=O)c5ccc(C=O)cc5)cc4)CCCCCCCCC3)cc2)cc1. The van der Waals surface area contributed by atoms with Crippen molar-refractivity contribution in [3.05, 3.63) is 142 Å². The first-order chi connectivity index (χ1) is 20.5. The fourth-order valence-corrected chi connectivity index (χ4v) is 6.25. The fourth-order valence-electron chi connectivity index (χ4n) is 6.25. The molecule has 4 aromatic carbocycles. The van der Waals surface area contributed by atoms with E-state index in [1.807, 2.05) is 24.3 Å². The third kappa shape index (κ3) is 6.38. The van der Waals surface area contributed by atoms with Crippen LogP contribution in [0, 0.1) is 0 Å². The van der Waals surface area contributed by atoms with Crippen molar-refractivity contribution in [1.29, 1.82) is 0 Å². The molecule has 1 saturated carbocycles. The van der Waals surface area contributed by atoms with Crippen LogP contribution in [0.25, 0.3) is 0 Å². The lowest BCUT2D eigenvalue weighted by Gasteiger charge is -2.36. The van der Waals surface area contributed by atoms with Crippen LogP contribution in [0.15, 0.2) is 97.1 Å². The number of ketones is 2. The highest BCUT2D eigenvalue weighted by Crippen LogP contribution is 2.43. The number of benzene rings is 4. The average molecular weight is 557 g/mol. The monoisotopic (exact) mass is 556 g/mol. The number of carbonyl (C=O) groups is 4. The van der Waals surface area contributed by atoms with Gasteiger partial charge in [0.2, 0.25) is 0 Å². The Morgan fingerprint density at radius 3 is 1.02 bits per heavy atom. The predicted molar refractivity (Wildman–Crippen MR) is 166 cm³/mol. The molecule has 1 aliphatic rings. The number of rotatable bonds is 8. The minimum absolute atomic E-state index is 0.0666. The molecule has 0 N–H and O–H groups in total. The van der Waals surface area contributed by atoms with Crippen molar-refractivity contribution in [2.24, 2.45) is 0 Å². The van der Waals surface area contributed by atoms with E-state index in [1.165, 1.54) is 43.2 Å². The van der Waals surface area contributed by atoms with Gasteiger partial charge in [-0.1, -0.05) is 142 Å². The zero-order chi connectivity index (χ0) is 29.4. The molecule has 0 unspecified atom stereocenters. The Hall–Kier alpha value is -4.44. The molecule has 0 heterocycles. The van der Waals surface area contributed by atoms with Crippen molar-refractivity contribution >= 4 is 24.1 Å². The first-order valence-electron chi connectivity index (χ1n) is 14.9. The maximum Gasteiger partial charge on any atom is 0.193 e. The van der Waals surface area contributed by atoms with E-state index >= 15 is 0 Å². The van der Waals surface area contributed by atoms with Crippen LogP contribution in [0.2, 0.25) is 0 Å². The summed E-state index contributed by atoms with van der Waals surface area (Å²) < 4.78 is 0. The van der Waals surface area contributed by atoms with E-state index in [0.29, 0.717) is 33.4 Å². The van der Waals surface area contributed by atoms with Crippen LogP contribution < -0.4 is 0 Å². The predicted octanol–water partition coefficient (Wildman–Crippen LogP) is 8.58. The standard InChI is InChI=1S/C38H36O4/c39-26-28-8-12-30(13-9-28)36(41)32-16-20-34(21-17-32)38(24-6-4-2-1-3-5-7-25-38)35-22-18-33(19-23-35)37(42)31-14-10-29(27-40)11-15-31/h8-23,26-27H,1-7,24-25H2. The molecule has 4 aromatic rings. The molecule has 5 rings (SSSR count). The van der Waals surface area contributed by atoms with Crippen molar-refractivity contribution in [2.75, 3.05) is 0 Å². The topological polar surface area (TPSA) is 68.3 Å². The molecule has 0 spiro atoms. The Labute approximate surface area is 247 Å². The molecule has 0 bridgehead atoms. The Balaban J connectivity index is 1.47. The third-order valence-electron chi connectivity index (χ3n) is 8.72. The van der Waals surface area contributed by atoms with E-state index in [9.17, 15) is 19.2 Å². The number of hydrogen-bond acceptors (Lipinski definition) is 4. The van der Waals surface area contributed by atoms with Gasteiger partial charge in [-0.2, -0.15) is 0 Å². The lowest BCUT2D eigenvalue weighted by Crippen LogP contribution is -2.28. The van der Waals surface area contributed by atoms with Gasteiger partial charge in [-0.25, -0.2) is 0 Å². The van der Waals surface area contributed by atoms with Gasteiger partial charge in [0.05, 0.1) is 0 Å². The van der Waals surface area contributed by atoms with Crippen molar-refractivity contribution in [1.82, 2.24) is 0 Å². The van der Waals surface area contributed by atoms with Crippen molar-refractivity contribution in [3.63, 3.8) is 0 Å². The molecule has 4 nitrogen and oxygen atoms in total. The molecule has 0 atom stereocenters. The van der Waals surface area contributed by atoms with Gasteiger partial charge in [-0.3, -0.25) is 19.2 Å². The Morgan fingerprint density at radius 1 is 0.429 bits per heavy atom. The maximum atomic E-state index is 13.2. The van der Waals surface area contributed by atoms with Gasteiger partial charge in [0.15, 0.2) is 11.6 Å². The molecular formula is C38H36O4. The van der Waals surface area contributed by atoms with E-state index in [-0.39, 0.29) is 17.0 Å². The summed E-state index contributed by atoms with van der Waals surface area (Å²) in [4.78, 5) is 48.4. The molecule has 1 fully saturated rings. The maximum absolute atomic E-state index is 13.2. The number of carbonyl (C=O) groups excluding carboxylic acids is 4. The van der Waals surface area contributed by atoms with Crippen LogP contribution in [-0.4, -0.2) is 24.1 Å². The van der Waals surface area contributed by atoms with Crippen LogP contribution in [0.5, 0.6) is 0 Å². The molecule has 0 radical (unpaired) electrons. The molecular weight excluding hydrogens is 520 g/mol. The highest BCUT2D eigenvalue weighted by molar-refractivity contribution is 6.09. The Kier molecular flexibility index (Phi) is 9.33. The summed E-state index contributed by atoms with van der Waals surface area (Å²) in [6, 6.07) is 29.6. The van der Waals surface area contributed by atoms with Crippen LogP contribution in [-0.2, 0) is 5.41 Å². The molecule has 4 heteroatoms. The summed E-state index contributed by atoms with van der Waals surface area (Å²) in [6.07, 6.45) is 12.0. The normalized spacial score (nSPS) is 15.3. The van der Waals surface area contributed by atoms with Gasteiger partial charge in [0.1, 0.15) is 12.6 Å². The molecule has 0 aromatic heterocycles. The lowest BCUT2D eigenvalue weighted by atomic mass is 9.67. The van der Waals surface area contributed by atoms with Crippen molar-refractivity contribution in [2.45, 2.75) is 63.2 Å². The minimum atomic E-state index is -0.211. The quantitative estimate of drug-likeness (QED) is 0.161. The minimum Gasteiger partial charge on any atom is -0.298 e. The van der Waals surface area contributed by atoms with Gasteiger partial charge in [0, 0.05) is 38.8 Å². The second-order valence-electron chi connectivity index (χ2n) is 11.3. The lowest BCUT2D eigenvalue weighted by molar-refractivity contribution is 0.103. The van der Waals surface area contributed by atoms with Gasteiger partial charge in [0.25, 0.3) is 0 Å². The van der Waals surface area contributed by atoms with Crippen molar-refractivity contribution in [3.8, 4) is 0 Å². The summed E-state index contributed by atoms with van der Waals surface area (Å²) in [5.41, 5.74) is 5.62. The van der Waals surface area contributed by atoms with Gasteiger partial charge >= 0.3 is 0 Å². The summed E-state index contributed by atoms with van der Waals surface area (Å²) in [5.74, 6) is -0.133. The van der Waals surface area contributed by atoms with Crippen molar-refractivity contribution < 1.29 is 19.2 Å². The average Bonchev–Trinajstić information content (AvgIpc) is 3.06. The molecule has 0 saturated heterocycles. The van der Waals surface area contributed by atoms with Gasteiger partial charge < -0.3 is 0 Å². The highest BCUT2D eigenvalue weighted by atomic mass is 16.1. The van der Waals surface area contributed by atoms with Crippen LogP contribution >= 0.6 is 0 Å². The van der Waals surface area contributed by atoms with E-state index in [2.05, 4.69) is 24.3 Å². The number of hydrogen-bond donors (Lipinski definition) is 0. The first-order valence-corrected chi connectivity index (χ1v) is 14.9. The van der Waals surface area contributed by atoms with Crippen LogP contribution in [0.1, 0.15) is 121 Å². The van der Waals surface area contributed by atoms with Gasteiger partial charge in [-0.15, -0.1) is 0 Å². The van der Waals surface area contributed by atoms with E-state index in [0.717, 1.165) is 38.3 Å². The van der Waals surface area contributed by atoms with Crippen LogP contribution in [0.4, 0.5) is 0 Å². The van der Waals surface area contributed by atoms with E-state index in [1.54, 1.807) is 48.5 Å². The first kappa shape index (κ1) is 29.1. The summed E-state index contributed by atoms with van der Waals surface area (Å²) in [5, 5.41) is 0. The molecule has 0 aliphatic heterocycles. The largest absolute Gasteiger partial charge is 0.298 e. The van der Waals surface area contributed by atoms with E-state index < -0.39 is 0 Å². The van der Waals surface area contributed by atoms with Crippen LogP contribution in [0.3, 0.4) is 0 Å². The summed E-state index contributed by atoms with van der Waals surface area (Å²) >= 11 is 0. The molecule has 42 heavy (non-hydrogen) atoms. The van der Waals surface area contributed by atoms with E-state index in [4.69, 9.17) is 0 Å². The fraction of sp³-hybridized carbons (Fsp3) is 0.263. The third-order valence-corrected chi connectivity index (χ3v) is 8.72. The molecule has 0 amide bonds. The number of aldehydes is 2. The second kappa shape index (κ2) is 13.5. The highest BCUT2D eigenvalue weighted by Gasteiger charge is 2.34. The summed E-state index contributed by atoms with van der Waals surface area (Å²) in [7, 11) is 0. The molecule has 212 valence electrons. The zero-order valence-corrected chi connectivity index (χ0v) is 23.9. The summed E-state index contributed by atoms with van der Waals surface area (Å²) in [6.45, 7) is 0. The second-order valence-corrected chi connectivity index (χ2v) is 11.3. The smallest absolute Gasteiger partial charge is 0.193 e. The molecule has 1 aliphatic carbocycles. The zero-order valence-electron chi connectivity index (χ0n) is 23.9.